The van der Waals surface area contributed by atoms with E-state index in [-0.39, 0.29) is 42.7 Å². The minimum atomic E-state index is -3.75. The average Bonchev–Trinajstić information content (AvgIpc) is 2.68. The third-order valence-electron chi connectivity index (χ3n) is 4.30. The Balaban J connectivity index is 1.66. The summed E-state index contributed by atoms with van der Waals surface area (Å²) >= 11 is 0. The molecule has 8 nitrogen and oxygen atoms in total. The van der Waals surface area contributed by atoms with Gasteiger partial charge in [-0.05, 0) is 36.4 Å². The van der Waals surface area contributed by atoms with Crippen LogP contribution in [0.5, 0.6) is 0 Å². The molecule has 0 saturated carbocycles. The summed E-state index contributed by atoms with van der Waals surface area (Å²) in [5, 5.41) is 10.7. The lowest BCUT2D eigenvalue weighted by Gasteiger charge is -2.34. The minimum Gasteiger partial charge on any atom is -0.336 e. The number of benzene rings is 2. The van der Waals surface area contributed by atoms with E-state index in [1.165, 1.54) is 45.6 Å². The topological polar surface area (TPSA) is 101 Å². The molecule has 2 aromatic carbocycles. The first-order valence-electron chi connectivity index (χ1n) is 8.08. The van der Waals surface area contributed by atoms with Crippen molar-refractivity contribution in [3.05, 3.63) is 70.0 Å². The number of amides is 1. The molecule has 3 rings (SSSR count). The number of carbonyl (C=O) groups is 1. The van der Waals surface area contributed by atoms with Crippen LogP contribution in [-0.2, 0) is 10.0 Å². The second-order valence-electron chi connectivity index (χ2n) is 5.95. The first kappa shape index (κ1) is 18.9. The summed E-state index contributed by atoms with van der Waals surface area (Å²) in [7, 11) is -3.75. The Labute approximate surface area is 155 Å². The summed E-state index contributed by atoms with van der Waals surface area (Å²) < 4.78 is 39.4. The molecule has 2 aromatic rings. The van der Waals surface area contributed by atoms with Gasteiger partial charge in [-0.25, -0.2) is 12.8 Å². The predicted molar refractivity (Wildman–Crippen MR) is 94.2 cm³/mol. The molecule has 0 radical (unpaired) electrons. The van der Waals surface area contributed by atoms with Crippen LogP contribution >= 0.6 is 0 Å². The van der Waals surface area contributed by atoms with Gasteiger partial charge >= 0.3 is 0 Å². The van der Waals surface area contributed by atoms with Crippen LogP contribution < -0.4 is 0 Å². The summed E-state index contributed by atoms with van der Waals surface area (Å²) in [6, 6.07) is 9.84. The maximum Gasteiger partial charge on any atom is 0.269 e. The molecule has 1 saturated heterocycles. The van der Waals surface area contributed by atoms with Gasteiger partial charge in [0.25, 0.3) is 11.6 Å². The highest BCUT2D eigenvalue weighted by atomic mass is 32.2. The summed E-state index contributed by atoms with van der Waals surface area (Å²) in [5.74, 6) is -0.837. The smallest absolute Gasteiger partial charge is 0.269 e. The third kappa shape index (κ3) is 3.96. The molecule has 10 heteroatoms. The van der Waals surface area contributed by atoms with Gasteiger partial charge in [0.2, 0.25) is 10.0 Å². The van der Waals surface area contributed by atoms with E-state index in [1.54, 1.807) is 0 Å². The molecule has 1 amide bonds. The standard InChI is InChI=1S/C17H16FN3O5S/c18-14-3-7-16(8-4-14)27(25,26)20-11-9-19(10-12-20)17(22)13-1-5-15(6-2-13)21(23)24/h1-8H,9-12H2. The highest BCUT2D eigenvalue weighted by Crippen LogP contribution is 2.19. The van der Waals surface area contributed by atoms with E-state index < -0.39 is 20.8 Å². The second-order valence-corrected chi connectivity index (χ2v) is 7.89. The van der Waals surface area contributed by atoms with Gasteiger partial charge in [0.15, 0.2) is 0 Å². The van der Waals surface area contributed by atoms with Gasteiger partial charge in [0.1, 0.15) is 5.82 Å². The zero-order chi connectivity index (χ0) is 19.6. The lowest BCUT2D eigenvalue weighted by molar-refractivity contribution is -0.384. The number of sulfonamides is 1. The fourth-order valence-corrected chi connectivity index (χ4v) is 4.22. The van der Waals surface area contributed by atoms with Gasteiger partial charge < -0.3 is 4.90 Å². The number of non-ortho nitro benzene ring substituents is 1. The van der Waals surface area contributed by atoms with E-state index in [9.17, 15) is 27.7 Å². The lowest BCUT2D eigenvalue weighted by atomic mass is 10.1. The Morgan fingerprint density at radius 3 is 2.04 bits per heavy atom. The second kappa shape index (κ2) is 7.41. The Bertz CT molecular complexity index is 953. The van der Waals surface area contributed by atoms with Crippen molar-refractivity contribution in [1.29, 1.82) is 0 Å². The van der Waals surface area contributed by atoms with E-state index in [0.29, 0.717) is 5.56 Å². The highest BCUT2D eigenvalue weighted by molar-refractivity contribution is 7.89. The molecule has 0 N–H and O–H groups in total. The Hall–Kier alpha value is -2.85. The minimum absolute atomic E-state index is 0.000884. The zero-order valence-electron chi connectivity index (χ0n) is 14.1. The van der Waals surface area contributed by atoms with Gasteiger partial charge in [-0.3, -0.25) is 14.9 Å². The van der Waals surface area contributed by atoms with Crippen molar-refractivity contribution in [2.24, 2.45) is 0 Å². The number of halogens is 1. The number of piperazine rings is 1. The molecule has 1 aliphatic heterocycles. The van der Waals surface area contributed by atoms with Crippen LogP contribution in [0.2, 0.25) is 0 Å². The molecule has 0 aliphatic carbocycles. The van der Waals surface area contributed by atoms with E-state index in [0.717, 1.165) is 12.1 Å². The summed E-state index contributed by atoms with van der Waals surface area (Å²) in [4.78, 5) is 24.1. The molecule has 1 aliphatic rings. The molecule has 1 fully saturated rings. The molecule has 0 atom stereocenters. The van der Waals surface area contributed by atoms with Crippen LogP contribution in [0.4, 0.5) is 10.1 Å². The van der Waals surface area contributed by atoms with E-state index in [1.807, 2.05) is 0 Å². The SMILES string of the molecule is O=C(c1ccc([N+](=O)[O-])cc1)N1CCN(S(=O)(=O)c2ccc(F)cc2)CC1. The van der Waals surface area contributed by atoms with Crippen molar-refractivity contribution in [3.63, 3.8) is 0 Å². The van der Waals surface area contributed by atoms with Gasteiger partial charge in [-0.15, -0.1) is 0 Å². The van der Waals surface area contributed by atoms with Gasteiger partial charge in [0, 0.05) is 43.9 Å². The van der Waals surface area contributed by atoms with Crippen LogP contribution in [0.25, 0.3) is 0 Å². The number of nitro groups is 1. The fourth-order valence-electron chi connectivity index (χ4n) is 2.80. The normalized spacial score (nSPS) is 15.5. The first-order valence-corrected chi connectivity index (χ1v) is 9.52. The average molecular weight is 393 g/mol. The Morgan fingerprint density at radius 2 is 1.52 bits per heavy atom. The number of nitro benzene ring substituents is 1. The molecule has 0 bridgehead atoms. The van der Waals surface area contributed by atoms with Crippen molar-refractivity contribution in [1.82, 2.24) is 9.21 Å². The largest absolute Gasteiger partial charge is 0.336 e. The number of hydrogen-bond donors (Lipinski definition) is 0. The molecule has 27 heavy (non-hydrogen) atoms. The number of rotatable bonds is 4. The van der Waals surface area contributed by atoms with Crippen molar-refractivity contribution in [2.45, 2.75) is 4.90 Å². The van der Waals surface area contributed by atoms with Gasteiger partial charge in [-0.2, -0.15) is 4.31 Å². The first-order chi connectivity index (χ1) is 12.8. The van der Waals surface area contributed by atoms with Crippen molar-refractivity contribution in [2.75, 3.05) is 26.2 Å². The van der Waals surface area contributed by atoms with Gasteiger partial charge in [0.05, 0.1) is 9.82 Å². The monoisotopic (exact) mass is 393 g/mol. The molecule has 0 aromatic heterocycles. The van der Waals surface area contributed by atoms with Crippen LogP contribution in [-0.4, -0.2) is 54.6 Å². The Morgan fingerprint density at radius 1 is 0.963 bits per heavy atom. The maximum absolute atomic E-state index is 13.0. The third-order valence-corrected chi connectivity index (χ3v) is 6.22. The van der Waals surface area contributed by atoms with Crippen LogP contribution in [0.15, 0.2) is 53.4 Å². The summed E-state index contributed by atoms with van der Waals surface area (Å²) in [6.07, 6.45) is 0. The summed E-state index contributed by atoms with van der Waals surface area (Å²) in [6.45, 7) is 0.601. The molecule has 142 valence electrons. The van der Waals surface area contributed by atoms with E-state index in [4.69, 9.17) is 0 Å². The number of nitrogens with zero attached hydrogens (tertiary/aromatic N) is 3. The summed E-state index contributed by atoms with van der Waals surface area (Å²) in [5.41, 5.74) is 0.192. The van der Waals surface area contributed by atoms with Crippen molar-refractivity contribution in [3.8, 4) is 0 Å². The molecular formula is C17H16FN3O5S. The van der Waals surface area contributed by atoms with E-state index >= 15 is 0 Å². The number of hydrogen-bond acceptors (Lipinski definition) is 5. The van der Waals surface area contributed by atoms with Crippen molar-refractivity contribution >= 4 is 21.6 Å². The fraction of sp³-hybridized carbons (Fsp3) is 0.235. The highest BCUT2D eigenvalue weighted by Gasteiger charge is 2.30. The number of carbonyl (C=O) groups excluding carboxylic acids is 1. The van der Waals surface area contributed by atoms with Crippen LogP contribution in [0.1, 0.15) is 10.4 Å². The molecular weight excluding hydrogens is 377 g/mol. The van der Waals surface area contributed by atoms with Crippen LogP contribution in [0.3, 0.4) is 0 Å². The lowest BCUT2D eigenvalue weighted by Crippen LogP contribution is -2.50. The van der Waals surface area contributed by atoms with Crippen LogP contribution in [0, 0.1) is 15.9 Å². The maximum atomic E-state index is 13.0. The quantitative estimate of drug-likeness (QED) is 0.583. The Kier molecular flexibility index (Phi) is 5.19. The zero-order valence-corrected chi connectivity index (χ0v) is 14.9. The molecule has 0 unspecified atom stereocenters. The molecule has 0 spiro atoms. The van der Waals surface area contributed by atoms with Gasteiger partial charge in [-0.1, -0.05) is 0 Å². The van der Waals surface area contributed by atoms with E-state index in [2.05, 4.69) is 0 Å². The molecule has 1 heterocycles. The predicted octanol–water partition coefficient (Wildman–Crippen LogP) is 1.88. The van der Waals surface area contributed by atoms with Crippen molar-refractivity contribution < 1.29 is 22.5 Å².